The first-order valence-corrected chi connectivity index (χ1v) is 13.1. The van der Waals surface area contributed by atoms with Crippen molar-refractivity contribution in [2.45, 2.75) is 56.3 Å². The molecule has 1 atom stereocenters. The van der Waals surface area contributed by atoms with Crippen LogP contribution in [-0.2, 0) is 32.1 Å². The maximum Gasteiger partial charge on any atom is 0.295 e. The van der Waals surface area contributed by atoms with Crippen LogP contribution in [-0.4, -0.2) is 48.5 Å². The number of hydrogen-bond acceptors (Lipinski definition) is 4. The molecule has 0 spiro atoms. The van der Waals surface area contributed by atoms with Gasteiger partial charge < -0.3 is 0 Å². The molecule has 0 saturated carbocycles. The third-order valence-corrected chi connectivity index (χ3v) is 8.42. The number of fused-ring (bicyclic) bond motifs is 2. The van der Waals surface area contributed by atoms with Crippen LogP contribution >= 0.6 is 0 Å². The molecule has 0 saturated heterocycles. The first-order valence-electron chi connectivity index (χ1n) is 10.1. The van der Waals surface area contributed by atoms with Crippen LogP contribution in [0, 0.1) is 0 Å². The Hall–Kier alpha value is -1.81. The number of nitrogens with zero attached hydrogens (tertiary/aromatic N) is 1. The molecule has 2 aromatic carbocycles. The third kappa shape index (κ3) is 3.47. The van der Waals surface area contributed by atoms with Gasteiger partial charge in [-0.3, -0.25) is 9.11 Å². The Morgan fingerprint density at radius 2 is 1.83 bits per heavy atom. The van der Waals surface area contributed by atoms with Crippen LogP contribution in [0.25, 0.3) is 10.8 Å². The van der Waals surface area contributed by atoms with E-state index in [1.54, 1.807) is 6.07 Å². The van der Waals surface area contributed by atoms with Gasteiger partial charge in [-0.05, 0) is 43.7 Å². The minimum absolute atomic E-state index is 0.0885. The highest BCUT2D eigenvalue weighted by Crippen LogP contribution is 2.49. The van der Waals surface area contributed by atoms with Crippen molar-refractivity contribution in [1.29, 1.82) is 0 Å². The van der Waals surface area contributed by atoms with E-state index < -0.39 is 20.2 Å². The summed E-state index contributed by atoms with van der Waals surface area (Å²) in [5.41, 5.74) is 4.02. The number of rotatable bonds is 6. The van der Waals surface area contributed by atoms with Crippen LogP contribution in [0.4, 0.5) is 5.69 Å². The molecule has 0 radical (unpaired) electrons. The summed E-state index contributed by atoms with van der Waals surface area (Å²) in [6.07, 6.45) is 3.41. The van der Waals surface area contributed by atoms with Crippen LogP contribution < -0.4 is 0 Å². The van der Waals surface area contributed by atoms with E-state index in [0.29, 0.717) is 24.6 Å². The van der Waals surface area contributed by atoms with E-state index in [-0.39, 0.29) is 16.1 Å². The van der Waals surface area contributed by atoms with Crippen LogP contribution in [0.1, 0.15) is 50.7 Å². The highest BCUT2D eigenvalue weighted by atomic mass is 32.2. The highest BCUT2D eigenvalue weighted by molar-refractivity contribution is 7.86. The van der Waals surface area contributed by atoms with Crippen molar-refractivity contribution in [2.24, 2.45) is 0 Å². The second-order valence-corrected chi connectivity index (χ2v) is 11.5. The molecule has 9 heteroatoms. The van der Waals surface area contributed by atoms with Gasteiger partial charge in [0, 0.05) is 29.9 Å². The van der Waals surface area contributed by atoms with Crippen molar-refractivity contribution in [3.05, 3.63) is 35.4 Å². The molecule has 2 heterocycles. The average Bonchev–Trinajstić information content (AvgIpc) is 2.87. The summed E-state index contributed by atoms with van der Waals surface area (Å²) in [5.74, 6) is -0.269. The third-order valence-electron chi connectivity index (χ3n) is 6.70. The molecule has 0 fully saturated rings. The summed E-state index contributed by atoms with van der Waals surface area (Å²) >= 11 is 0. The van der Waals surface area contributed by atoms with Gasteiger partial charge >= 0.3 is 0 Å². The van der Waals surface area contributed by atoms with Gasteiger partial charge in [-0.25, -0.2) is 0 Å². The second-order valence-electron chi connectivity index (χ2n) is 8.49. The maximum absolute atomic E-state index is 12.0. The van der Waals surface area contributed by atoms with Crippen molar-refractivity contribution >= 4 is 42.4 Å². The fourth-order valence-electron chi connectivity index (χ4n) is 5.10. The monoisotopic (exact) mass is 452 g/mol. The van der Waals surface area contributed by atoms with E-state index in [9.17, 15) is 21.4 Å². The molecule has 0 aliphatic carbocycles. The Morgan fingerprint density at radius 1 is 1.10 bits per heavy atom. The predicted molar refractivity (Wildman–Crippen MR) is 115 cm³/mol. The molecule has 2 aromatic rings. The molecule has 2 aliphatic heterocycles. The predicted octanol–water partition coefficient (Wildman–Crippen LogP) is 3.47. The fourth-order valence-corrected chi connectivity index (χ4v) is 6.36. The quantitative estimate of drug-likeness (QED) is 0.394. The molecule has 2 aliphatic rings. The summed E-state index contributed by atoms with van der Waals surface area (Å²) in [6.45, 7) is 5.06. The standard InChI is InChI=1S/C21H25NO6S2/c1-14-21(2,10-3-4-12-29(23,24)25)18-13-17-15(7-5-9-19(17)30(26,27)28)16-8-6-11-22(14)20(16)18/h5,7,9,13H,3-4,6,8,10-12H2,1-2H3,(H-,23,24,25,26,27,28)/p+1. The molecule has 0 amide bonds. The summed E-state index contributed by atoms with van der Waals surface area (Å²) < 4.78 is 67.2. The summed E-state index contributed by atoms with van der Waals surface area (Å²) in [4.78, 5) is -0.0885. The summed E-state index contributed by atoms with van der Waals surface area (Å²) in [6, 6.07) is 6.87. The number of unbranched alkanes of at least 4 members (excludes halogenated alkanes) is 1. The lowest BCUT2D eigenvalue weighted by Crippen LogP contribution is -2.30. The van der Waals surface area contributed by atoms with Crippen LogP contribution in [0.5, 0.6) is 0 Å². The molecule has 0 aromatic heterocycles. The van der Waals surface area contributed by atoms with Crippen LogP contribution in [0.3, 0.4) is 0 Å². The largest absolute Gasteiger partial charge is 0.295 e. The molecule has 4 rings (SSSR count). The van der Waals surface area contributed by atoms with E-state index >= 15 is 0 Å². The summed E-state index contributed by atoms with van der Waals surface area (Å²) in [5, 5.41) is 1.37. The van der Waals surface area contributed by atoms with Crippen molar-refractivity contribution < 1.29 is 30.5 Å². The first-order chi connectivity index (χ1) is 13.9. The highest BCUT2D eigenvalue weighted by Gasteiger charge is 2.48. The van der Waals surface area contributed by atoms with Gasteiger partial charge in [0.15, 0.2) is 5.71 Å². The normalized spacial score (nSPS) is 21.3. The van der Waals surface area contributed by atoms with Gasteiger partial charge in [0.1, 0.15) is 11.4 Å². The van der Waals surface area contributed by atoms with Gasteiger partial charge in [0.05, 0.1) is 11.2 Å². The zero-order valence-electron chi connectivity index (χ0n) is 17.1. The fraction of sp³-hybridized carbons (Fsp3) is 0.476. The van der Waals surface area contributed by atoms with Gasteiger partial charge in [-0.15, -0.1) is 0 Å². The molecule has 0 bridgehead atoms. The van der Waals surface area contributed by atoms with Crippen molar-refractivity contribution in [3.63, 3.8) is 0 Å². The van der Waals surface area contributed by atoms with Crippen LogP contribution in [0.2, 0.25) is 0 Å². The molecular formula is C21H26NO6S2+. The molecule has 30 heavy (non-hydrogen) atoms. The van der Waals surface area contributed by atoms with E-state index in [2.05, 4.69) is 18.4 Å². The SMILES string of the molecule is CC1=[N+]2CCCc3c2c(cc2c(S(=O)(=O)O)cccc32)C1(C)CCCCS(=O)(=O)O. The molecule has 2 N–H and O–H groups in total. The van der Waals surface area contributed by atoms with Gasteiger partial charge in [-0.2, -0.15) is 21.4 Å². The van der Waals surface area contributed by atoms with Gasteiger partial charge in [-0.1, -0.05) is 18.6 Å². The molecule has 7 nitrogen and oxygen atoms in total. The Labute approximate surface area is 176 Å². The topological polar surface area (TPSA) is 112 Å². The molecule has 162 valence electrons. The Morgan fingerprint density at radius 3 is 2.50 bits per heavy atom. The first kappa shape index (κ1) is 21.4. The van der Waals surface area contributed by atoms with Crippen molar-refractivity contribution in [1.82, 2.24) is 0 Å². The molecular weight excluding hydrogens is 426 g/mol. The van der Waals surface area contributed by atoms with Gasteiger partial charge in [0.2, 0.25) is 5.69 Å². The summed E-state index contributed by atoms with van der Waals surface area (Å²) in [7, 11) is -8.36. The Kier molecular flexibility index (Phi) is 5.08. The zero-order valence-corrected chi connectivity index (χ0v) is 18.7. The van der Waals surface area contributed by atoms with Crippen LogP contribution in [0.15, 0.2) is 29.2 Å². The number of aryl methyl sites for hydroxylation is 1. The lowest BCUT2D eigenvalue weighted by atomic mass is 9.74. The van der Waals surface area contributed by atoms with Crippen molar-refractivity contribution in [3.8, 4) is 0 Å². The smallest absolute Gasteiger partial charge is 0.286 e. The van der Waals surface area contributed by atoms with E-state index in [1.165, 1.54) is 6.07 Å². The number of benzene rings is 2. The maximum atomic E-state index is 12.0. The lowest BCUT2D eigenvalue weighted by molar-refractivity contribution is -0.444. The van der Waals surface area contributed by atoms with E-state index in [0.717, 1.165) is 47.3 Å². The minimum Gasteiger partial charge on any atom is -0.286 e. The second kappa shape index (κ2) is 7.12. The van der Waals surface area contributed by atoms with Gasteiger partial charge in [0.25, 0.3) is 20.2 Å². The van der Waals surface area contributed by atoms with E-state index in [4.69, 9.17) is 4.55 Å². The lowest BCUT2D eigenvalue weighted by Gasteiger charge is -2.23. The average molecular weight is 453 g/mol. The Balaban J connectivity index is 1.88. The van der Waals surface area contributed by atoms with Crippen molar-refractivity contribution in [2.75, 3.05) is 12.3 Å². The minimum atomic E-state index is -4.37. The zero-order chi connectivity index (χ0) is 21.9. The Bertz CT molecular complexity index is 1290. The molecule has 1 unspecified atom stereocenters. The van der Waals surface area contributed by atoms with E-state index in [1.807, 2.05) is 12.1 Å². The number of hydrogen-bond donors (Lipinski definition) is 2.